The molecule has 2 N–H and O–H groups in total. The molecule has 0 aliphatic carbocycles. The number of hydrogen-bond donors (Lipinski definition) is 2. The van der Waals surface area contributed by atoms with E-state index in [0.717, 1.165) is 86.3 Å². The molecule has 3 aromatic carbocycles. The highest BCUT2D eigenvalue weighted by Gasteiger charge is 2.23. The monoisotopic (exact) mass is 656 g/mol. The third kappa shape index (κ3) is 11.7. The van der Waals surface area contributed by atoms with Crippen LogP contribution in [-0.2, 0) is 14.3 Å². The molecular formula is C39H52N4O5. The number of nitrogens with zero attached hydrogens (tertiary/aromatic N) is 2. The maximum absolute atomic E-state index is 12.7. The largest absolute Gasteiger partial charge is 0.456 e. The predicted octanol–water partition coefficient (Wildman–Crippen LogP) is 7.76. The van der Waals surface area contributed by atoms with Crippen molar-refractivity contribution in [1.82, 2.24) is 9.80 Å². The summed E-state index contributed by atoms with van der Waals surface area (Å²) < 4.78 is 11.3. The fourth-order valence-electron chi connectivity index (χ4n) is 5.76. The van der Waals surface area contributed by atoms with E-state index in [1.165, 1.54) is 0 Å². The summed E-state index contributed by atoms with van der Waals surface area (Å²) in [5, 5.41) is 6.35. The molecule has 0 radical (unpaired) electrons. The zero-order valence-corrected chi connectivity index (χ0v) is 29.2. The summed E-state index contributed by atoms with van der Waals surface area (Å²) in [4.78, 5) is 42.0. The third-order valence-electron chi connectivity index (χ3n) is 8.48. The Morgan fingerprint density at radius 3 is 2.33 bits per heavy atom. The van der Waals surface area contributed by atoms with Gasteiger partial charge in [0.2, 0.25) is 5.91 Å². The summed E-state index contributed by atoms with van der Waals surface area (Å²) in [5.41, 5.74) is 4.63. The fraction of sp³-hybridized carbons (Fsp3) is 0.462. The van der Waals surface area contributed by atoms with Gasteiger partial charge in [-0.2, -0.15) is 0 Å². The number of para-hydroxylation sites is 1. The number of benzene rings is 3. The van der Waals surface area contributed by atoms with Crippen LogP contribution in [0.2, 0.25) is 0 Å². The van der Waals surface area contributed by atoms with Crippen LogP contribution in [0.25, 0.3) is 11.1 Å². The summed E-state index contributed by atoms with van der Waals surface area (Å²) >= 11 is 0. The molecule has 0 saturated carbocycles. The number of piperidine rings is 1. The van der Waals surface area contributed by atoms with Gasteiger partial charge in [-0.15, -0.1) is 0 Å². The minimum Gasteiger partial charge on any atom is -0.456 e. The van der Waals surface area contributed by atoms with E-state index < -0.39 is 11.7 Å². The number of nitrogens with one attached hydrogen (secondary N) is 2. The molecule has 2 amide bonds. The summed E-state index contributed by atoms with van der Waals surface area (Å²) in [5.74, 6) is -0.138. The van der Waals surface area contributed by atoms with E-state index in [9.17, 15) is 14.4 Å². The van der Waals surface area contributed by atoms with E-state index >= 15 is 0 Å². The van der Waals surface area contributed by atoms with Crippen LogP contribution in [-0.4, -0.2) is 79.2 Å². The number of likely N-dealkylation sites (N-methyl/N-ethyl adjacent to an activating group) is 1. The van der Waals surface area contributed by atoms with Crippen molar-refractivity contribution in [3.63, 3.8) is 0 Å². The normalized spacial score (nSPS) is 13.9. The lowest BCUT2D eigenvalue weighted by Crippen LogP contribution is -2.42. The van der Waals surface area contributed by atoms with Gasteiger partial charge in [0.15, 0.2) is 0 Å². The number of carbonyl (C=O) groups excluding carboxylic acids is 3. The molecule has 0 bridgehead atoms. The average Bonchev–Trinajstić information content (AvgIpc) is 3.05. The van der Waals surface area contributed by atoms with Crippen LogP contribution >= 0.6 is 0 Å². The van der Waals surface area contributed by atoms with E-state index in [4.69, 9.17) is 9.47 Å². The van der Waals surface area contributed by atoms with Crippen molar-refractivity contribution in [3.05, 3.63) is 83.9 Å². The van der Waals surface area contributed by atoms with Crippen molar-refractivity contribution in [3.8, 4) is 11.1 Å². The Morgan fingerprint density at radius 2 is 1.62 bits per heavy atom. The van der Waals surface area contributed by atoms with Crippen LogP contribution in [0, 0.1) is 6.92 Å². The van der Waals surface area contributed by atoms with Crippen LogP contribution in [0.5, 0.6) is 0 Å². The van der Waals surface area contributed by atoms with Crippen LogP contribution < -0.4 is 10.6 Å². The lowest BCUT2D eigenvalue weighted by molar-refractivity contribution is -0.130. The molecule has 9 heteroatoms. The molecule has 1 aliphatic rings. The summed E-state index contributed by atoms with van der Waals surface area (Å²) in [7, 11) is 1.88. The third-order valence-corrected chi connectivity index (χ3v) is 8.48. The first kappa shape index (κ1) is 36.5. The molecule has 1 fully saturated rings. The summed E-state index contributed by atoms with van der Waals surface area (Å²) in [6.45, 7) is 11.5. The van der Waals surface area contributed by atoms with Gasteiger partial charge in [0.05, 0.1) is 11.3 Å². The van der Waals surface area contributed by atoms with Crippen molar-refractivity contribution >= 4 is 29.3 Å². The quantitative estimate of drug-likeness (QED) is 0.135. The summed E-state index contributed by atoms with van der Waals surface area (Å²) in [6, 6.07) is 23.4. The Kier molecular flexibility index (Phi) is 13.4. The number of likely N-dealkylation sites (tertiary alicyclic amines) is 1. The van der Waals surface area contributed by atoms with E-state index in [1.807, 2.05) is 112 Å². The smallest absolute Gasteiger partial charge is 0.411 e. The number of esters is 1. The van der Waals surface area contributed by atoms with Crippen molar-refractivity contribution in [1.29, 1.82) is 0 Å². The lowest BCUT2D eigenvalue weighted by Gasteiger charge is -2.32. The fourth-order valence-corrected chi connectivity index (χ4v) is 5.76. The second kappa shape index (κ2) is 17.7. The Hall–Kier alpha value is -4.37. The molecule has 1 heterocycles. The average molecular weight is 657 g/mol. The van der Waals surface area contributed by atoms with Gasteiger partial charge in [-0.25, -0.2) is 9.59 Å². The van der Waals surface area contributed by atoms with Gasteiger partial charge in [-0.3, -0.25) is 10.1 Å². The van der Waals surface area contributed by atoms with Gasteiger partial charge in [0.1, 0.15) is 11.7 Å². The maximum Gasteiger partial charge on any atom is 0.411 e. The van der Waals surface area contributed by atoms with Crippen molar-refractivity contribution in [2.24, 2.45) is 0 Å². The summed E-state index contributed by atoms with van der Waals surface area (Å²) in [6.07, 6.45) is 4.29. The van der Waals surface area contributed by atoms with Crippen molar-refractivity contribution in [2.45, 2.75) is 77.9 Å². The highest BCUT2D eigenvalue weighted by Crippen LogP contribution is 2.28. The van der Waals surface area contributed by atoms with Gasteiger partial charge < -0.3 is 24.6 Å². The molecule has 3 aromatic rings. The molecule has 0 spiro atoms. The Labute approximate surface area is 286 Å². The van der Waals surface area contributed by atoms with E-state index in [1.54, 1.807) is 0 Å². The molecule has 0 atom stereocenters. The van der Waals surface area contributed by atoms with Gasteiger partial charge >= 0.3 is 12.1 Å². The Morgan fingerprint density at radius 1 is 0.917 bits per heavy atom. The lowest BCUT2D eigenvalue weighted by atomic mass is 10.0. The molecule has 0 unspecified atom stereocenters. The van der Waals surface area contributed by atoms with Crippen LogP contribution in [0.3, 0.4) is 0 Å². The number of anilines is 2. The van der Waals surface area contributed by atoms with Crippen LogP contribution in [0.15, 0.2) is 72.8 Å². The van der Waals surface area contributed by atoms with Gasteiger partial charge in [-0.1, -0.05) is 55.0 Å². The first-order chi connectivity index (χ1) is 23.0. The minimum atomic E-state index is -0.524. The number of unbranched alkanes of at least 4 members (excludes halogenated alkanes) is 2. The van der Waals surface area contributed by atoms with E-state index in [-0.39, 0.29) is 18.0 Å². The van der Waals surface area contributed by atoms with Crippen LogP contribution in [0.1, 0.15) is 75.2 Å². The Balaban J connectivity index is 1.06. The van der Waals surface area contributed by atoms with E-state index in [0.29, 0.717) is 18.5 Å². The number of carbonyl (C=O) groups is 3. The molecule has 1 saturated heterocycles. The standard InChI is InChI=1S/C39H52N4O5/c1-29-28-31(19-20-33(29)37(45)48-39(2,3)4)40-23-13-7-10-18-36(44)42(5)26-27-43-24-21-32(22-25-43)47-38(46)41-35-17-12-11-16-34(35)30-14-8-6-9-15-30/h6,8-9,11-12,14-17,19-20,28,32,40H,7,10,13,18,21-27H2,1-5H3,(H,41,46). The second-order valence-corrected chi connectivity index (χ2v) is 13.6. The van der Waals surface area contributed by atoms with Crippen LogP contribution in [0.4, 0.5) is 16.2 Å². The number of amides is 2. The van der Waals surface area contributed by atoms with Gasteiger partial charge in [-0.05, 0) is 88.8 Å². The highest BCUT2D eigenvalue weighted by atomic mass is 16.6. The predicted molar refractivity (Wildman–Crippen MR) is 192 cm³/mol. The maximum atomic E-state index is 12.7. The SMILES string of the molecule is Cc1cc(NCCCCCC(=O)N(C)CCN2CCC(OC(=O)Nc3ccccc3-c3ccccc3)CC2)ccc1C(=O)OC(C)(C)C. The van der Waals surface area contributed by atoms with Crippen molar-refractivity contribution in [2.75, 3.05) is 50.4 Å². The molecule has 0 aromatic heterocycles. The first-order valence-corrected chi connectivity index (χ1v) is 17.1. The number of rotatable bonds is 14. The molecule has 9 nitrogen and oxygen atoms in total. The number of hydrogen-bond acceptors (Lipinski definition) is 7. The van der Waals surface area contributed by atoms with Crippen molar-refractivity contribution < 1.29 is 23.9 Å². The zero-order valence-electron chi connectivity index (χ0n) is 29.2. The molecule has 4 rings (SSSR count). The van der Waals surface area contributed by atoms with E-state index in [2.05, 4.69) is 15.5 Å². The van der Waals surface area contributed by atoms with Gasteiger partial charge in [0, 0.05) is 57.4 Å². The molecule has 48 heavy (non-hydrogen) atoms. The van der Waals surface area contributed by atoms with Gasteiger partial charge in [0.25, 0.3) is 0 Å². The second-order valence-electron chi connectivity index (χ2n) is 13.6. The minimum absolute atomic E-state index is 0.125. The Bertz CT molecular complexity index is 1500. The number of aryl methyl sites for hydroxylation is 1. The number of ether oxygens (including phenoxy) is 2. The zero-order chi connectivity index (χ0) is 34.5. The topological polar surface area (TPSA) is 100 Å². The molecular weight excluding hydrogens is 604 g/mol. The first-order valence-electron chi connectivity index (χ1n) is 17.1. The molecule has 1 aliphatic heterocycles. The highest BCUT2D eigenvalue weighted by molar-refractivity contribution is 5.92. The molecule has 258 valence electrons.